The second-order valence-electron chi connectivity index (χ2n) is 4.53. The Labute approximate surface area is 116 Å². The highest BCUT2D eigenvalue weighted by Gasteiger charge is 2.23. The summed E-state index contributed by atoms with van der Waals surface area (Å²) in [5, 5.41) is 13.5. The molecule has 1 amide bonds. The van der Waals surface area contributed by atoms with E-state index in [1.807, 2.05) is 6.07 Å². The number of carboxylic acids is 1. The number of carboxylic acid groups (broad SMARTS) is 1. The topological polar surface area (TPSA) is 75.4 Å². The molecule has 0 fully saturated rings. The van der Waals surface area contributed by atoms with Crippen molar-refractivity contribution >= 4 is 11.9 Å². The summed E-state index contributed by atoms with van der Waals surface area (Å²) in [6, 6.07) is 9.34. The Hall–Kier alpha value is -2.63. The predicted molar refractivity (Wildman–Crippen MR) is 72.5 cm³/mol. The summed E-state index contributed by atoms with van der Waals surface area (Å²) in [7, 11) is 3.24. The zero-order valence-corrected chi connectivity index (χ0v) is 11.2. The van der Waals surface area contributed by atoms with Gasteiger partial charge < -0.3 is 10.0 Å². The summed E-state index contributed by atoms with van der Waals surface area (Å²) in [4.78, 5) is 24.6. The van der Waals surface area contributed by atoms with Gasteiger partial charge >= 0.3 is 5.97 Å². The number of hydrogen-bond donors (Lipinski definition) is 1. The standard InChI is InChI=1S/C14H15N3O3/c1-16(2)13(18)11-8-9-17(15-11)12(14(19)20)10-6-4-3-5-7-10/h3-9,12H,1-2H3,(H,19,20). The van der Waals surface area contributed by atoms with Crippen LogP contribution in [0.5, 0.6) is 0 Å². The van der Waals surface area contributed by atoms with E-state index in [0.29, 0.717) is 5.56 Å². The highest BCUT2D eigenvalue weighted by atomic mass is 16.4. The van der Waals surface area contributed by atoms with Crippen LogP contribution in [0.2, 0.25) is 0 Å². The monoisotopic (exact) mass is 273 g/mol. The molecule has 1 aromatic heterocycles. The van der Waals surface area contributed by atoms with Crippen LogP contribution in [0.15, 0.2) is 42.6 Å². The minimum atomic E-state index is -1.02. The average molecular weight is 273 g/mol. The molecule has 2 aromatic rings. The van der Waals surface area contributed by atoms with Crippen molar-refractivity contribution in [3.63, 3.8) is 0 Å². The Morgan fingerprint density at radius 2 is 1.85 bits per heavy atom. The highest BCUT2D eigenvalue weighted by molar-refractivity contribution is 5.91. The van der Waals surface area contributed by atoms with Crippen LogP contribution in [-0.2, 0) is 4.79 Å². The molecule has 0 saturated carbocycles. The van der Waals surface area contributed by atoms with Gasteiger partial charge in [-0.3, -0.25) is 9.48 Å². The molecule has 20 heavy (non-hydrogen) atoms. The maximum atomic E-state index is 11.8. The van der Waals surface area contributed by atoms with E-state index in [0.717, 1.165) is 0 Å². The largest absolute Gasteiger partial charge is 0.479 e. The zero-order valence-electron chi connectivity index (χ0n) is 11.2. The summed E-state index contributed by atoms with van der Waals surface area (Å²) in [6.07, 6.45) is 1.50. The van der Waals surface area contributed by atoms with Crippen LogP contribution in [-0.4, -0.2) is 45.8 Å². The van der Waals surface area contributed by atoms with E-state index in [4.69, 9.17) is 0 Å². The van der Waals surface area contributed by atoms with Crippen LogP contribution >= 0.6 is 0 Å². The molecule has 6 heteroatoms. The van der Waals surface area contributed by atoms with Crippen LogP contribution in [0, 0.1) is 0 Å². The smallest absolute Gasteiger partial charge is 0.333 e. The van der Waals surface area contributed by atoms with Crippen molar-refractivity contribution in [3.05, 3.63) is 53.9 Å². The second kappa shape index (κ2) is 5.56. The molecule has 104 valence electrons. The van der Waals surface area contributed by atoms with Gasteiger partial charge in [0, 0.05) is 20.3 Å². The van der Waals surface area contributed by atoms with Crippen LogP contribution in [0.3, 0.4) is 0 Å². The summed E-state index contributed by atoms with van der Waals surface area (Å²) >= 11 is 0. The Morgan fingerprint density at radius 3 is 2.40 bits per heavy atom. The molecule has 1 N–H and O–H groups in total. The molecule has 0 saturated heterocycles. The van der Waals surface area contributed by atoms with Gasteiger partial charge in [0.15, 0.2) is 6.04 Å². The van der Waals surface area contributed by atoms with Gasteiger partial charge in [0.1, 0.15) is 5.69 Å². The molecule has 1 unspecified atom stereocenters. The van der Waals surface area contributed by atoms with Crippen molar-refractivity contribution < 1.29 is 14.7 Å². The van der Waals surface area contributed by atoms with Crippen molar-refractivity contribution in [1.82, 2.24) is 14.7 Å². The molecular weight excluding hydrogens is 258 g/mol. The van der Waals surface area contributed by atoms with Gasteiger partial charge in [-0.15, -0.1) is 0 Å². The Balaban J connectivity index is 2.37. The molecular formula is C14H15N3O3. The third-order valence-corrected chi connectivity index (χ3v) is 2.85. The fourth-order valence-electron chi connectivity index (χ4n) is 1.87. The molecule has 0 radical (unpaired) electrons. The van der Waals surface area contributed by atoms with Crippen molar-refractivity contribution in [3.8, 4) is 0 Å². The summed E-state index contributed by atoms with van der Waals surface area (Å²) in [6.45, 7) is 0. The lowest BCUT2D eigenvalue weighted by molar-refractivity contribution is -0.139. The number of rotatable bonds is 4. The summed E-state index contributed by atoms with van der Waals surface area (Å²) < 4.78 is 1.29. The number of aliphatic carboxylic acids is 1. The van der Waals surface area contributed by atoms with Crippen molar-refractivity contribution in [2.24, 2.45) is 0 Å². The molecule has 0 aliphatic heterocycles. The lowest BCUT2D eigenvalue weighted by atomic mass is 10.1. The summed E-state index contributed by atoms with van der Waals surface area (Å²) in [5.74, 6) is -1.29. The quantitative estimate of drug-likeness (QED) is 0.910. The number of aromatic nitrogens is 2. The van der Waals surface area contributed by atoms with E-state index in [1.165, 1.54) is 21.8 Å². The van der Waals surface area contributed by atoms with E-state index in [1.54, 1.807) is 38.4 Å². The zero-order chi connectivity index (χ0) is 14.7. The van der Waals surface area contributed by atoms with Gasteiger partial charge in [-0.05, 0) is 11.6 Å². The second-order valence-corrected chi connectivity index (χ2v) is 4.53. The van der Waals surface area contributed by atoms with E-state index >= 15 is 0 Å². The van der Waals surface area contributed by atoms with Crippen molar-refractivity contribution in [2.45, 2.75) is 6.04 Å². The lowest BCUT2D eigenvalue weighted by Crippen LogP contribution is -2.24. The fourth-order valence-corrected chi connectivity index (χ4v) is 1.87. The normalized spacial score (nSPS) is 11.9. The molecule has 6 nitrogen and oxygen atoms in total. The number of carbonyl (C=O) groups is 2. The van der Waals surface area contributed by atoms with Gasteiger partial charge in [-0.25, -0.2) is 4.79 Å². The van der Waals surface area contributed by atoms with Crippen LogP contribution in [0.4, 0.5) is 0 Å². The van der Waals surface area contributed by atoms with Crippen LogP contribution < -0.4 is 0 Å². The summed E-state index contributed by atoms with van der Waals surface area (Å²) in [5.41, 5.74) is 0.823. The first-order chi connectivity index (χ1) is 9.50. The molecule has 1 heterocycles. The molecule has 1 aromatic carbocycles. The molecule has 0 aliphatic rings. The van der Waals surface area contributed by atoms with Gasteiger partial charge in [0.2, 0.25) is 0 Å². The maximum absolute atomic E-state index is 11.8. The first-order valence-electron chi connectivity index (χ1n) is 6.05. The SMILES string of the molecule is CN(C)C(=O)c1ccn(C(C(=O)O)c2ccccc2)n1. The molecule has 0 bridgehead atoms. The molecule has 0 spiro atoms. The van der Waals surface area contributed by atoms with Crippen molar-refractivity contribution in [2.75, 3.05) is 14.1 Å². The minimum absolute atomic E-state index is 0.220. The number of amides is 1. The Morgan fingerprint density at radius 1 is 1.20 bits per heavy atom. The average Bonchev–Trinajstić information content (AvgIpc) is 2.88. The van der Waals surface area contributed by atoms with E-state index in [-0.39, 0.29) is 11.6 Å². The molecule has 0 aliphatic carbocycles. The number of benzene rings is 1. The predicted octanol–water partition coefficient (Wildman–Crippen LogP) is 1.26. The van der Waals surface area contributed by atoms with Crippen molar-refractivity contribution in [1.29, 1.82) is 0 Å². The Kier molecular flexibility index (Phi) is 3.84. The van der Waals surface area contributed by atoms with E-state index in [2.05, 4.69) is 5.10 Å². The maximum Gasteiger partial charge on any atom is 0.333 e. The van der Waals surface area contributed by atoms with Gasteiger partial charge in [-0.1, -0.05) is 30.3 Å². The first kappa shape index (κ1) is 13.8. The third-order valence-electron chi connectivity index (χ3n) is 2.85. The van der Waals surface area contributed by atoms with E-state index in [9.17, 15) is 14.7 Å². The van der Waals surface area contributed by atoms with Crippen LogP contribution in [0.1, 0.15) is 22.1 Å². The fraction of sp³-hybridized carbons (Fsp3) is 0.214. The van der Waals surface area contributed by atoms with E-state index < -0.39 is 12.0 Å². The first-order valence-corrected chi connectivity index (χ1v) is 6.05. The number of carbonyl (C=O) groups excluding carboxylic acids is 1. The van der Waals surface area contributed by atoms with Gasteiger partial charge in [-0.2, -0.15) is 5.10 Å². The number of nitrogens with zero attached hydrogens (tertiary/aromatic N) is 3. The van der Waals surface area contributed by atoms with Gasteiger partial charge in [0.25, 0.3) is 5.91 Å². The minimum Gasteiger partial charge on any atom is -0.479 e. The van der Waals surface area contributed by atoms with Gasteiger partial charge in [0.05, 0.1) is 0 Å². The molecule has 2 rings (SSSR count). The number of hydrogen-bond acceptors (Lipinski definition) is 3. The highest BCUT2D eigenvalue weighted by Crippen LogP contribution is 2.18. The molecule has 1 atom stereocenters. The van der Waals surface area contributed by atoms with Crippen LogP contribution in [0.25, 0.3) is 0 Å². The lowest BCUT2D eigenvalue weighted by Gasteiger charge is -2.13. The Bertz CT molecular complexity index is 620. The third kappa shape index (κ3) is 2.69.